The highest BCUT2D eigenvalue weighted by atomic mass is 32.1. The molecule has 0 saturated heterocycles. The van der Waals surface area contributed by atoms with Crippen LogP contribution in [0.5, 0.6) is 0 Å². The number of rotatable bonds is 3. The van der Waals surface area contributed by atoms with Gasteiger partial charge in [0, 0.05) is 4.88 Å². The van der Waals surface area contributed by atoms with Crippen molar-refractivity contribution in [2.24, 2.45) is 4.99 Å². The largest absolute Gasteiger partial charge is 0.469 e. The first-order valence-electron chi connectivity index (χ1n) is 3.75. The highest BCUT2D eigenvalue weighted by molar-refractivity contribution is 8.00. The fraction of sp³-hybridized carbons (Fsp3) is 0.200. The van der Waals surface area contributed by atoms with Gasteiger partial charge in [-0.3, -0.25) is 0 Å². The number of aromatic nitrogens is 1. The molecule has 0 aliphatic rings. The third-order valence-electron chi connectivity index (χ3n) is 1.45. The Bertz CT molecular complexity index is 460. The van der Waals surface area contributed by atoms with Gasteiger partial charge in [-0.1, -0.05) is 0 Å². The highest BCUT2D eigenvalue weighted by Gasteiger charge is 2.52. The topological polar surface area (TPSA) is 143 Å². The molecule has 0 unspecified atom stereocenters. The zero-order valence-corrected chi connectivity index (χ0v) is 10.5. The van der Waals surface area contributed by atoms with Gasteiger partial charge < -0.3 is 9.79 Å². The third kappa shape index (κ3) is 3.38. The van der Waals surface area contributed by atoms with Crippen LogP contribution in [0.2, 0.25) is 0 Å². The molecule has 0 spiro atoms. The molecule has 0 bridgehead atoms. The van der Waals surface area contributed by atoms with Crippen LogP contribution in [0.1, 0.15) is 4.88 Å². The number of aryl methyl sites for hydroxylation is 1. The SMILES string of the molecule is Cc1scnc1N=C(P(=O)(O)O)[P+](O)(O)O. The van der Waals surface area contributed by atoms with Crippen LogP contribution < -0.4 is 0 Å². The molecule has 1 rings (SSSR count). The number of thiazole rings is 1. The van der Waals surface area contributed by atoms with Crippen LogP contribution in [0.3, 0.4) is 0 Å². The molecular formula is C5H9N2O6P2S+. The Kier molecular flexibility index (Phi) is 3.94. The Morgan fingerprint density at radius 1 is 1.50 bits per heavy atom. The van der Waals surface area contributed by atoms with Crippen LogP contribution in [-0.2, 0) is 4.57 Å². The van der Waals surface area contributed by atoms with Crippen molar-refractivity contribution in [3.8, 4) is 0 Å². The number of aliphatic imine (C=N–C) groups is 1. The van der Waals surface area contributed by atoms with Gasteiger partial charge in [0.05, 0.1) is 5.51 Å². The Morgan fingerprint density at radius 2 is 2.06 bits per heavy atom. The minimum Gasteiger partial charge on any atom is -0.317 e. The average Bonchev–Trinajstić information content (AvgIpc) is 2.42. The monoisotopic (exact) mass is 287 g/mol. The van der Waals surface area contributed by atoms with Crippen molar-refractivity contribution in [3.63, 3.8) is 0 Å². The quantitative estimate of drug-likeness (QED) is 0.398. The van der Waals surface area contributed by atoms with E-state index in [1.165, 1.54) is 5.51 Å². The second-order valence-electron chi connectivity index (χ2n) is 2.76. The first-order chi connectivity index (χ1) is 7.12. The molecule has 0 amide bonds. The maximum absolute atomic E-state index is 10.9. The van der Waals surface area contributed by atoms with Crippen LogP contribution in [0.25, 0.3) is 0 Å². The lowest BCUT2D eigenvalue weighted by atomic mass is 10.6. The number of hydrogen-bond donors (Lipinski definition) is 5. The van der Waals surface area contributed by atoms with E-state index in [0.717, 1.165) is 11.3 Å². The molecule has 0 aliphatic heterocycles. The molecule has 0 fully saturated rings. The molecule has 0 saturated carbocycles. The first-order valence-corrected chi connectivity index (χ1v) is 7.89. The van der Waals surface area contributed by atoms with Crippen molar-refractivity contribution >= 4 is 37.9 Å². The predicted molar refractivity (Wildman–Crippen MR) is 59.6 cm³/mol. The summed E-state index contributed by atoms with van der Waals surface area (Å²) in [5.41, 5.74) is 1.37. The Balaban J connectivity index is 3.29. The first kappa shape index (κ1) is 13.8. The third-order valence-corrected chi connectivity index (χ3v) is 5.05. The van der Waals surface area contributed by atoms with Gasteiger partial charge in [0.1, 0.15) is 0 Å². The van der Waals surface area contributed by atoms with Crippen LogP contribution >= 0.6 is 26.9 Å². The van der Waals surface area contributed by atoms with Gasteiger partial charge in [-0.15, -0.1) is 11.3 Å². The van der Waals surface area contributed by atoms with Crippen molar-refractivity contribution in [3.05, 3.63) is 10.4 Å². The van der Waals surface area contributed by atoms with Crippen molar-refractivity contribution in [1.82, 2.24) is 4.98 Å². The molecular weight excluding hydrogens is 278 g/mol. The van der Waals surface area contributed by atoms with E-state index in [1.54, 1.807) is 6.92 Å². The Hall–Kier alpha value is -0.240. The zero-order chi connectivity index (χ0) is 12.6. The Labute approximate surface area is 94.7 Å². The second-order valence-corrected chi connectivity index (χ2v) is 7.24. The fourth-order valence-corrected chi connectivity index (χ4v) is 3.17. The number of hydrogen-bond acceptors (Lipinski definition) is 7. The van der Waals surface area contributed by atoms with Crippen molar-refractivity contribution < 1.29 is 29.0 Å². The molecule has 0 radical (unpaired) electrons. The number of nitrogens with zero attached hydrogens (tertiary/aromatic N) is 2. The van der Waals surface area contributed by atoms with Crippen LogP contribution in [-0.4, -0.2) is 34.6 Å². The maximum Gasteiger partial charge on any atom is 0.469 e. The summed E-state index contributed by atoms with van der Waals surface area (Å²) in [5, 5.41) is -1.35. The standard InChI is InChI=1S/C5H8N2O6P2S/c1-3-4(6-2-16-3)7-5(14(8,9)10)15(11,12)13/h2,8-10H,1H3,(H-,11,12,13)/p+1. The summed E-state index contributed by atoms with van der Waals surface area (Å²) in [6.45, 7) is 1.58. The summed E-state index contributed by atoms with van der Waals surface area (Å²) >= 11 is 1.16. The lowest BCUT2D eigenvalue weighted by Gasteiger charge is -2.07. The zero-order valence-electron chi connectivity index (χ0n) is 7.92. The van der Waals surface area contributed by atoms with E-state index in [0.29, 0.717) is 4.88 Å². The summed E-state index contributed by atoms with van der Waals surface area (Å²) in [6.07, 6.45) is 0. The van der Waals surface area contributed by atoms with E-state index in [9.17, 15) is 4.57 Å². The van der Waals surface area contributed by atoms with Gasteiger partial charge in [0.15, 0.2) is 5.82 Å². The molecule has 16 heavy (non-hydrogen) atoms. The normalized spacial score (nSPS) is 14.2. The van der Waals surface area contributed by atoms with Crippen molar-refractivity contribution in [1.29, 1.82) is 0 Å². The molecule has 0 aromatic carbocycles. The van der Waals surface area contributed by atoms with Gasteiger partial charge in [0.25, 0.3) is 0 Å². The molecule has 1 aromatic heterocycles. The molecule has 1 heterocycles. The summed E-state index contributed by atoms with van der Waals surface area (Å²) < 4.78 is 10.9. The van der Waals surface area contributed by atoms with Crippen molar-refractivity contribution in [2.75, 3.05) is 0 Å². The van der Waals surface area contributed by atoms with E-state index in [2.05, 4.69) is 9.98 Å². The lowest BCUT2D eigenvalue weighted by molar-refractivity contribution is 0.349. The molecule has 90 valence electrons. The molecule has 5 N–H and O–H groups in total. The van der Waals surface area contributed by atoms with E-state index < -0.39 is 20.7 Å². The summed E-state index contributed by atoms with van der Waals surface area (Å²) in [4.78, 5) is 51.7. The minimum absolute atomic E-state index is 0.0650. The lowest BCUT2D eigenvalue weighted by Crippen LogP contribution is -2.06. The summed E-state index contributed by atoms with van der Waals surface area (Å²) in [5.74, 6) is -0.0650. The maximum atomic E-state index is 10.9. The van der Waals surface area contributed by atoms with Gasteiger partial charge in [-0.2, -0.15) is 19.7 Å². The summed E-state index contributed by atoms with van der Waals surface area (Å²) in [7, 11) is -9.90. The molecule has 11 heteroatoms. The highest BCUT2D eigenvalue weighted by Crippen LogP contribution is 2.61. The van der Waals surface area contributed by atoms with Gasteiger partial charge in [-0.05, 0) is 6.92 Å². The van der Waals surface area contributed by atoms with Gasteiger partial charge >= 0.3 is 20.7 Å². The predicted octanol–water partition coefficient (Wildman–Crippen LogP) is 0.356. The smallest absolute Gasteiger partial charge is 0.317 e. The fourth-order valence-electron chi connectivity index (χ4n) is 0.808. The van der Waals surface area contributed by atoms with Gasteiger partial charge in [-0.25, -0.2) is 9.55 Å². The molecule has 1 aromatic rings. The average molecular weight is 287 g/mol. The molecule has 0 aliphatic carbocycles. The van der Waals surface area contributed by atoms with Crippen LogP contribution in [0.15, 0.2) is 10.5 Å². The minimum atomic E-state index is -5.04. The Morgan fingerprint density at radius 3 is 2.38 bits per heavy atom. The molecule has 8 nitrogen and oxygen atoms in total. The van der Waals surface area contributed by atoms with E-state index in [1.807, 2.05) is 0 Å². The van der Waals surface area contributed by atoms with E-state index in [-0.39, 0.29) is 5.82 Å². The van der Waals surface area contributed by atoms with E-state index >= 15 is 0 Å². The van der Waals surface area contributed by atoms with Crippen LogP contribution in [0.4, 0.5) is 5.82 Å². The van der Waals surface area contributed by atoms with E-state index in [4.69, 9.17) is 24.5 Å². The van der Waals surface area contributed by atoms with Gasteiger partial charge in [0.2, 0.25) is 0 Å². The van der Waals surface area contributed by atoms with Crippen molar-refractivity contribution in [2.45, 2.75) is 6.92 Å². The van der Waals surface area contributed by atoms with Crippen LogP contribution in [0, 0.1) is 6.92 Å². The molecule has 0 atom stereocenters. The summed E-state index contributed by atoms with van der Waals surface area (Å²) in [6, 6.07) is 0. The second kappa shape index (κ2) is 4.56.